The van der Waals surface area contributed by atoms with Gasteiger partial charge >= 0.3 is 0 Å². The molecule has 0 spiro atoms. The van der Waals surface area contributed by atoms with Gasteiger partial charge in [-0.25, -0.2) is 0 Å². The van der Waals surface area contributed by atoms with Crippen molar-refractivity contribution >= 4 is 11.8 Å². The van der Waals surface area contributed by atoms with E-state index in [0.29, 0.717) is 0 Å². The summed E-state index contributed by atoms with van der Waals surface area (Å²) in [6.07, 6.45) is 0. The van der Waals surface area contributed by atoms with Crippen LogP contribution in [0.4, 0.5) is 0 Å². The molecule has 0 saturated carbocycles. The summed E-state index contributed by atoms with van der Waals surface area (Å²) in [6, 6.07) is 18.9. The molecule has 4 nitrogen and oxygen atoms in total. The van der Waals surface area contributed by atoms with E-state index in [4.69, 9.17) is 0 Å². The third kappa shape index (κ3) is 2.90. The lowest BCUT2D eigenvalue weighted by Gasteiger charge is -2.28. The molecule has 23 heavy (non-hydrogen) atoms. The number of fused-ring (bicyclic) bond motifs is 1. The van der Waals surface area contributed by atoms with Crippen LogP contribution in [0.5, 0.6) is 0 Å². The highest BCUT2D eigenvalue weighted by Crippen LogP contribution is 2.30. The Kier molecular flexibility index (Phi) is 3.89. The molecule has 2 heterocycles. The van der Waals surface area contributed by atoms with Gasteiger partial charge in [-0.05, 0) is 18.1 Å². The van der Waals surface area contributed by atoms with E-state index < -0.39 is 0 Å². The summed E-state index contributed by atoms with van der Waals surface area (Å²) >= 11 is 1.75. The Morgan fingerprint density at radius 2 is 1.78 bits per heavy atom. The largest absolute Gasteiger partial charge is 0.288 e. The maximum atomic E-state index is 4.44. The molecule has 1 aliphatic heterocycles. The Labute approximate surface area is 140 Å². The number of aromatic nitrogens is 3. The molecular weight excluding hydrogens is 304 g/mol. The summed E-state index contributed by atoms with van der Waals surface area (Å²) in [5.74, 6) is 1.91. The van der Waals surface area contributed by atoms with Crippen molar-refractivity contribution < 1.29 is 0 Å². The van der Waals surface area contributed by atoms with Crippen molar-refractivity contribution in [2.75, 3.05) is 5.88 Å². The van der Waals surface area contributed by atoms with Crippen LogP contribution in [0.2, 0.25) is 0 Å². The first-order chi connectivity index (χ1) is 11.3. The lowest BCUT2D eigenvalue weighted by Crippen LogP contribution is -2.30. The maximum Gasteiger partial charge on any atom is 0.193 e. The lowest BCUT2D eigenvalue weighted by atomic mass is 10.1. The Balaban J connectivity index is 1.62. The van der Waals surface area contributed by atoms with Gasteiger partial charge in [0.15, 0.2) is 11.0 Å². The smallest absolute Gasteiger partial charge is 0.193 e. The van der Waals surface area contributed by atoms with E-state index >= 15 is 0 Å². The highest BCUT2D eigenvalue weighted by molar-refractivity contribution is 7.99. The minimum Gasteiger partial charge on any atom is -0.288 e. The summed E-state index contributed by atoms with van der Waals surface area (Å²) < 4.78 is 2.22. The number of aryl methyl sites for hydroxylation is 1. The van der Waals surface area contributed by atoms with Gasteiger partial charge in [0.05, 0.1) is 12.5 Å². The summed E-state index contributed by atoms with van der Waals surface area (Å²) in [5.41, 5.74) is 3.73. The average molecular weight is 322 g/mol. The Morgan fingerprint density at radius 3 is 2.61 bits per heavy atom. The van der Waals surface area contributed by atoms with Crippen molar-refractivity contribution in [2.24, 2.45) is 0 Å². The van der Waals surface area contributed by atoms with Crippen LogP contribution in [0.3, 0.4) is 0 Å². The molecule has 2 aromatic carbocycles. The molecule has 4 rings (SSSR count). The van der Waals surface area contributed by atoms with Crippen molar-refractivity contribution in [1.29, 1.82) is 0 Å². The molecule has 0 unspecified atom stereocenters. The molecule has 0 fully saturated rings. The quantitative estimate of drug-likeness (QED) is 0.735. The molecule has 0 saturated heterocycles. The first-order valence-electron chi connectivity index (χ1n) is 7.69. The number of hydrogen-bond donors (Lipinski definition) is 0. The predicted molar refractivity (Wildman–Crippen MR) is 92.9 cm³/mol. The van der Waals surface area contributed by atoms with Crippen LogP contribution in [0.15, 0.2) is 59.8 Å². The molecule has 0 N–H and O–H groups in total. The summed E-state index contributed by atoms with van der Waals surface area (Å²) in [5, 5.41) is 9.81. The van der Waals surface area contributed by atoms with Gasteiger partial charge in [0.1, 0.15) is 0 Å². The molecule has 5 heteroatoms. The fraction of sp³-hybridized carbons (Fsp3) is 0.222. The molecule has 0 radical (unpaired) electrons. The Hall–Kier alpha value is -2.11. The molecule has 0 atom stereocenters. The van der Waals surface area contributed by atoms with Crippen LogP contribution in [-0.4, -0.2) is 25.5 Å². The van der Waals surface area contributed by atoms with Gasteiger partial charge in [-0.2, -0.15) is 0 Å². The summed E-state index contributed by atoms with van der Waals surface area (Å²) in [6.45, 7) is 3.89. The maximum absolute atomic E-state index is 4.44. The average Bonchev–Trinajstić information content (AvgIpc) is 2.99. The molecule has 3 aromatic rings. The summed E-state index contributed by atoms with van der Waals surface area (Å²) in [7, 11) is 0. The van der Waals surface area contributed by atoms with Gasteiger partial charge in [-0.15, -0.1) is 10.2 Å². The van der Waals surface area contributed by atoms with E-state index in [1.165, 1.54) is 11.1 Å². The topological polar surface area (TPSA) is 34.0 Å². The second kappa shape index (κ2) is 6.18. The monoisotopic (exact) mass is 322 g/mol. The van der Waals surface area contributed by atoms with E-state index in [1.54, 1.807) is 11.8 Å². The van der Waals surface area contributed by atoms with Crippen molar-refractivity contribution in [2.45, 2.75) is 25.3 Å². The van der Waals surface area contributed by atoms with Crippen LogP contribution >= 0.6 is 11.8 Å². The number of nitrogens with zero attached hydrogens (tertiary/aromatic N) is 4. The third-order valence-corrected chi connectivity index (χ3v) is 5.12. The van der Waals surface area contributed by atoms with E-state index in [-0.39, 0.29) is 0 Å². The van der Waals surface area contributed by atoms with Gasteiger partial charge < -0.3 is 0 Å². The fourth-order valence-corrected chi connectivity index (χ4v) is 3.74. The van der Waals surface area contributed by atoms with Gasteiger partial charge in [0, 0.05) is 12.1 Å². The minimum absolute atomic E-state index is 0.827. The predicted octanol–water partition coefficient (Wildman–Crippen LogP) is 3.78. The molecule has 0 aliphatic carbocycles. The number of thioether (sulfide) groups is 1. The van der Waals surface area contributed by atoms with Crippen molar-refractivity contribution in [3.05, 3.63) is 65.7 Å². The normalized spacial score (nSPS) is 14.7. The molecular formula is C18H18N4S. The third-order valence-electron chi connectivity index (χ3n) is 4.07. The molecule has 1 aliphatic rings. The van der Waals surface area contributed by atoms with Crippen molar-refractivity contribution in [1.82, 2.24) is 19.7 Å². The van der Waals surface area contributed by atoms with Crippen LogP contribution < -0.4 is 0 Å². The van der Waals surface area contributed by atoms with Crippen molar-refractivity contribution in [3.8, 4) is 11.4 Å². The van der Waals surface area contributed by atoms with E-state index in [1.807, 2.05) is 0 Å². The molecule has 116 valence electrons. The van der Waals surface area contributed by atoms with Gasteiger partial charge in [-0.1, -0.05) is 66.4 Å². The first-order valence-corrected chi connectivity index (χ1v) is 8.68. The second-order valence-corrected chi connectivity index (χ2v) is 6.69. The Morgan fingerprint density at radius 1 is 1.00 bits per heavy atom. The summed E-state index contributed by atoms with van der Waals surface area (Å²) in [4.78, 5) is 2.41. The second-order valence-electron chi connectivity index (χ2n) is 5.78. The van der Waals surface area contributed by atoms with Crippen LogP contribution in [0.25, 0.3) is 11.4 Å². The molecule has 1 aromatic heterocycles. The van der Waals surface area contributed by atoms with Gasteiger partial charge in [-0.3, -0.25) is 9.47 Å². The Bertz CT molecular complexity index is 813. The van der Waals surface area contributed by atoms with Crippen LogP contribution in [0.1, 0.15) is 11.1 Å². The van der Waals surface area contributed by atoms with Crippen molar-refractivity contribution in [3.63, 3.8) is 0 Å². The lowest BCUT2D eigenvalue weighted by molar-refractivity contribution is 0.231. The highest BCUT2D eigenvalue weighted by atomic mass is 32.2. The zero-order valence-electron chi connectivity index (χ0n) is 13.0. The SMILES string of the molecule is Cc1ccccc1-c1nnc2n1CN(Cc1ccccc1)CS2. The standard InChI is InChI=1S/C18H18N4S/c1-14-7-5-6-10-16(14)17-19-20-18-22(17)12-21(13-23-18)11-15-8-3-2-4-9-15/h2-10H,11-13H2,1H3. The van der Waals surface area contributed by atoms with E-state index in [2.05, 4.69) is 81.2 Å². The molecule has 0 amide bonds. The van der Waals surface area contributed by atoms with E-state index in [9.17, 15) is 0 Å². The molecule has 0 bridgehead atoms. The number of hydrogen-bond acceptors (Lipinski definition) is 4. The van der Waals surface area contributed by atoms with Gasteiger partial charge in [0.25, 0.3) is 0 Å². The van der Waals surface area contributed by atoms with E-state index in [0.717, 1.165) is 35.6 Å². The number of benzene rings is 2. The zero-order chi connectivity index (χ0) is 15.6. The zero-order valence-corrected chi connectivity index (χ0v) is 13.8. The highest BCUT2D eigenvalue weighted by Gasteiger charge is 2.22. The minimum atomic E-state index is 0.827. The number of rotatable bonds is 3. The van der Waals surface area contributed by atoms with Crippen LogP contribution in [0, 0.1) is 6.92 Å². The van der Waals surface area contributed by atoms with Gasteiger partial charge in [0.2, 0.25) is 0 Å². The fourth-order valence-electron chi connectivity index (χ4n) is 2.87. The van der Waals surface area contributed by atoms with Crippen LogP contribution in [-0.2, 0) is 13.2 Å². The first kappa shape index (κ1) is 14.5.